The van der Waals surface area contributed by atoms with Crippen LogP contribution in [0, 0.1) is 10.8 Å². The Bertz CT molecular complexity index is 1480. The van der Waals surface area contributed by atoms with Crippen molar-refractivity contribution < 1.29 is 4.57 Å². The van der Waals surface area contributed by atoms with Gasteiger partial charge in [0.25, 0.3) is 0 Å². The first kappa shape index (κ1) is 20.3. The van der Waals surface area contributed by atoms with E-state index in [1.807, 2.05) is 78.9 Å². The zero-order chi connectivity index (χ0) is 22.5. The van der Waals surface area contributed by atoms with E-state index in [1.165, 1.54) is 0 Å². The lowest BCUT2D eigenvalue weighted by molar-refractivity contribution is 0.588. The standard InChI is InChI=1S/C27H22N3OP/c1-32(2,31)20-11-8-17(9-12-20)19-10-13-21-24(16-19)30-27(18-6-4-3-5-7-18)22-14-15-23(28)26(29)25(21)22/h3-16,28-29H,1-2H3. The van der Waals surface area contributed by atoms with Gasteiger partial charge in [-0.1, -0.05) is 66.7 Å². The highest BCUT2D eigenvalue weighted by Crippen LogP contribution is 2.37. The second-order valence-corrected chi connectivity index (χ2v) is 11.6. The summed E-state index contributed by atoms with van der Waals surface area (Å²) in [5, 5.41) is 18.5. The lowest BCUT2D eigenvalue weighted by Gasteiger charge is -2.19. The van der Waals surface area contributed by atoms with Crippen LogP contribution in [0.4, 0.5) is 0 Å². The summed E-state index contributed by atoms with van der Waals surface area (Å²) in [6.45, 7) is 3.55. The third-order valence-electron chi connectivity index (χ3n) is 5.83. The van der Waals surface area contributed by atoms with Crippen molar-refractivity contribution in [1.82, 2.24) is 4.98 Å². The number of hydrogen-bond donors (Lipinski definition) is 2. The van der Waals surface area contributed by atoms with E-state index in [9.17, 15) is 4.57 Å². The molecule has 0 amide bonds. The van der Waals surface area contributed by atoms with Crippen LogP contribution in [0.2, 0.25) is 0 Å². The minimum atomic E-state index is -2.30. The van der Waals surface area contributed by atoms with Crippen LogP contribution in [0.3, 0.4) is 0 Å². The van der Waals surface area contributed by atoms with Crippen LogP contribution in [-0.2, 0) is 4.57 Å². The molecule has 5 heteroatoms. The highest BCUT2D eigenvalue weighted by Gasteiger charge is 2.23. The second kappa shape index (κ2) is 7.51. The van der Waals surface area contributed by atoms with Crippen molar-refractivity contribution in [1.29, 1.82) is 10.8 Å². The van der Waals surface area contributed by atoms with Crippen molar-refractivity contribution >= 4 is 40.8 Å². The molecule has 0 atom stereocenters. The van der Waals surface area contributed by atoms with Gasteiger partial charge in [-0.25, -0.2) is 4.98 Å². The fraction of sp³-hybridized carbons (Fsp3) is 0.0741. The Hall–Kier alpha value is -3.62. The topological polar surface area (TPSA) is 77.7 Å². The van der Waals surface area contributed by atoms with Gasteiger partial charge < -0.3 is 4.57 Å². The van der Waals surface area contributed by atoms with Gasteiger partial charge in [0.15, 0.2) is 0 Å². The summed E-state index contributed by atoms with van der Waals surface area (Å²) in [5.74, 6) is 0. The molecule has 0 bridgehead atoms. The maximum atomic E-state index is 12.4. The molecule has 32 heavy (non-hydrogen) atoms. The van der Waals surface area contributed by atoms with E-state index in [0.717, 1.165) is 49.7 Å². The fourth-order valence-corrected chi connectivity index (χ4v) is 4.97. The zero-order valence-electron chi connectivity index (χ0n) is 17.9. The average molecular weight is 435 g/mol. The molecule has 0 aliphatic heterocycles. The minimum absolute atomic E-state index is 0.201. The Morgan fingerprint density at radius 2 is 1.47 bits per heavy atom. The third kappa shape index (κ3) is 3.43. The molecule has 1 aliphatic rings. The number of pyridine rings is 1. The van der Waals surface area contributed by atoms with Gasteiger partial charge in [-0.05, 0) is 42.7 Å². The highest BCUT2D eigenvalue weighted by atomic mass is 31.2. The molecule has 0 spiro atoms. The van der Waals surface area contributed by atoms with Crippen molar-refractivity contribution in [2.24, 2.45) is 0 Å². The van der Waals surface area contributed by atoms with Crippen LogP contribution in [0.5, 0.6) is 0 Å². The van der Waals surface area contributed by atoms with Crippen LogP contribution in [0.25, 0.3) is 39.4 Å². The van der Waals surface area contributed by atoms with E-state index in [1.54, 1.807) is 19.4 Å². The lowest BCUT2D eigenvalue weighted by Crippen LogP contribution is -2.17. The number of aromatic nitrogens is 1. The molecule has 1 aromatic heterocycles. The monoisotopic (exact) mass is 435 g/mol. The van der Waals surface area contributed by atoms with E-state index in [0.29, 0.717) is 0 Å². The minimum Gasteiger partial charge on any atom is -0.319 e. The zero-order valence-corrected chi connectivity index (χ0v) is 18.8. The first-order valence-corrected chi connectivity index (χ1v) is 13.0. The van der Waals surface area contributed by atoms with E-state index >= 15 is 0 Å². The van der Waals surface area contributed by atoms with Crippen LogP contribution in [0.1, 0.15) is 11.1 Å². The number of nitrogens with one attached hydrogen (secondary N) is 2. The van der Waals surface area contributed by atoms with E-state index in [4.69, 9.17) is 15.8 Å². The number of benzene rings is 3. The third-order valence-corrected chi connectivity index (χ3v) is 7.37. The van der Waals surface area contributed by atoms with E-state index in [2.05, 4.69) is 0 Å². The van der Waals surface area contributed by atoms with Gasteiger partial charge in [-0.3, -0.25) is 10.8 Å². The summed E-state index contributed by atoms with van der Waals surface area (Å²) in [7, 11) is -2.30. The van der Waals surface area contributed by atoms with Crippen molar-refractivity contribution in [2.45, 2.75) is 0 Å². The Labute approximate surface area is 187 Å². The van der Waals surface area contributed by atoms with Crippen molar-refractivity contribution in [2.75, 3.05) is 13.3 Å². The summed E-state index contributed by atoms with van der Waals surface area (Å²) in [5.41, 5.74) is 6.65. The van der Waals surface area contributed by atoms with Crippen LogP contribution >= 0.6 is 7.14 Å². The summed E-state index contributed by atoms with van der Waals surface area (Å²) in [6.07, 6.45) is 3.56. The molecule has 156 valence electrons. The van der Waals surface area contributed by atoms with Crippen LogP contribution < -0.4 is 5.30 Å². The van der Waals surface area contributed by atoms with Gasteiger partial charge in [0.1, 0.15) is 7.14 Å². The molecule has 0 fully saturated rings. The van der Waals surface area contributed by atoms with Crippen LogP contribution in [-0.4, -0.2) is 29.7 Å². The largest absolute Gasteiger partial charge is 0.319 e. The number of fused-ring (bicyclic) bond motifs is 3. The smallest absolute Gasteiger partial charge is 0.109 e. The fourth-order valence-electron chi connectivity index (χ4n) is 4.10. The Morgan fingerprint density at radius 3 is 2.16 bits per heavy atom. The maximum absolute atomic E-state index is 12.4. The maximum Gasteiger partial charge on any atom is 0.109 e. The predicted molar refractivity (Wildman–Crippen MR) is 135 cm³/mol. The molecular weight excluding hydrogens is 413 g/mol. The summed E-state index contributed by atoms with van der Waals surface area (Å²) >= 11 is 0. The van der Waals surface area contributed by atoms with Gasteiger partial charge >= 0.3 is 0 Å². The molecule has 1 heterocycles. The molecule has 0 saturated heterocycles. The molecule has 0 radical (unpaired) electrons. The van der Waals surface area contributed by atoms with Crippen molar-refractivity contribution in [3.8, 4) is 22.4 Å². The molecule has 3 aromatic carbocycles. The van der Waals surface area contributed by atoms with Gasteiger partial charge in [0, 0.05) is 27.4 Å². The quantitative estimate of drug-likeness (QED) is 0.374. The Balaban J connectivity index is 1.73. The normalized spacial score (nSPS) is 13.4. The molecular formula is C27H22N3OP. The number of rotatable bonds is 3. The van der Waals surface area contributed by atoms with Crippen molar-refractivity contribution in [3.63, 3.8) is 0 Å². The van der Waals surface area contributed by atoms with Gasteiger partial charge in [-0.2, -0.15) is 0 Å². The molecule has 4 nitrogen and oxygen atoms in total. The molecule has 1 aliphatic carbocycles. The average Bonchev–Trinajstić information content (AvgIpc) is 2.80. The number of allylic oxidation sites excluding steroid dienone is 1. The second-order valence-electron chi connectivity index (χ2n) is 8.37. The number of hydrogen-bond acceptors (Lipinski definition) is 4. The first-order valence-electron chi connectivity index (χ1n) is 10.4. The highest BCUT2D eigenvalue weighted by molar-refractivity contribution is 7.70. The first-order chi connectivity index (χ1) is 15.3. The summed E-state index contributed by atoms with van der Waals surface area (Å²) in [6, 6.07) is 23.8. The molecule has 2 N–H and O–H groups in total. The van der Waals surface area contributed by atoms with Gasteiger partial charge in [-0.15, -0.1) is 0 Å². The molecule has 0 unspecified atom stereocenters. The van der Waals surface area contributed by atoms with E-state index < -0.39 is 7.14 Å². The number of nitrogens with zero attached hydrogens (tertiary/aromatic N) is 1. The predicted octanol–water partition coefficient (Wildman–Crippen LogP) is 6.23. The summed E-state index contributed by atoms with van der Waals surface area (Å²) in [4.78, 5) is 5.00. The Kier molecular flexibility index (Phi) is 4.76. The molecule has 5 rings (SSSR count). The van der Waals surface area contributed by atoms with Gasteiger partial charge in [0.2, 0.25) is 0 Å². The van der Waals surface area contributed by atoms with Crippen molar-refractivity contribution in [3.05, 3.63) is 90.0 Å². The molecule has 4 aromatic rings. The van der Waals surface area contributed by atoms with Gasteiger partial charge in [0.05, 0.1) is 22.6 Å². The van der Waals surface area contributed by atoms with Crippen LogP contribution in [0.15, 0.2) is 78.9 Å². The summed E-state index contributed by atoms with van der Waals surface area (Å²) < 4.78 is 12.4. The molecule has 0 saturated carbocycles. The van der Waals surface area contributed by atoms with E-state index in [-0.39, 0.29) is 11.4 Å². The lowest BCUT2D eigenvalue weighted by atomic mass is 9.87. The SMILES string of the molecule is CP(C)(=O)c1ccc(-c2ccc3c4c(c(-c5ccccc5)nc3c2)C=CC(=N)C4=N)cc1. The Morgan fingerprint density at radius 1 is 0.781 bits per heavy atom.